The van der Waals surface area contributed by atoms with Crippen LogP contribution in [0.15, 0.2) is 24.3 Å². The maximum Gasteiger partial charge on any atom is 0.118 e. The van der Waals surface area contributed by atoms with Gasteiger partial charge in [0, 0.05) is 39.1 Å². The number of rotatable bonds is 8. The van der Waals surface area contributed by atoms with E-state index in [9.17, 15) is 0 Å². The van der Waals surface area contributed by atoms with E-state index < -0.39 is 0 Å². The number of nitrogens with zero attached hydrogens (tertiary/aromatic N) is 5. The average Bonchev–Trinajstić information content (AvgIpc) is 3.00. The Hall–Kier alpha value is -1.96. The highest BCUT2D eigenvalue weighted by Gasteiger charge is 2.30. The first-order valence-electron chi connectivity index (χ1n) is 9.03. The quantitative estimate of drug-likeness (QED) is 0.666. The van der Waals surface area contributed by atoms with Crippen LogP contribution in [0.1, 0.15) is 22.9 Å². The van der Waals surface area contributed by atoms with Gasteiger partial charge in [0.2, 0.25) is 0 Å². The predicted molar refractivity (Wildman–Crippen MR) is 100 cm³/mol. The molecule has 7 heteroatoms. The van der Waals surface area contributed by atoms with E-state index in [0.717, 1.165) is 44.2 Å². The molecule has 1 aliphatic heterocycles. The Kier molecular flexibility index (Phi) is 6.24. The molecule has 1 atom stereocenters. The summed E-state index contributed by atoms with van der Waals surface area (Å²) in [6.07, 6.45) is 0. The number of hydrogen-bond donors (Lipinski definition) is 0. The number of benzene rings is 1. The lowest BCUT2D eigenvalue weighted by molar-refractivity contribution is 0.0834. The van der Waals surface area contributed by atoms with Crippen LogP contribution in [-0.4, -0.2) is 72.3 Å². The van der Waals surface area contributed by atoms with Gasteiger partial charge in [-0.3, -0.25) is 9.58 Å². The van der Waals surface area contributed by atoms with Gasteiger partial charge in [0.25, 0.3) is 0 Å². The maximum absolute atomic E-state index is 5.94. The second-order valence-corrected chi connectivity index (χ2v) is 7.14. The smallest absolute Gasteiger partial charge is 0.118 e. The molecular formula is C19H29N5O2. The Morgan fingerprint density at radius 3 is 2.69 bits per heavy atom. The van der Waals surface area contributed by atoms with Crippen LogP contribution in [0.5, 0.6) is 5.75 Å². The summed E-state index contributed by atoms with van der Waals surface area (Å²) in [4.78, 5) is 4.55. The fraction of sp³-hybridized carbons (Fsp3) is 0.579. The summed E-state index contributed by atoms with van der Waals surface area (Å²) < 4.78 is 13.1. The Balaban J connectivity index is 1.65. The largest absolute Gasteiger partial charge is 0.497 e. The molecule has 0 bridgehead atoms. The zero-order valence-electron chi connectivity index (χ0n) is 16.2. The minimum Gasteiger partial charge on any atom is -0.497 e. The van der Waals surface area contributed by atoms with E-state index in [4.69, 9.17) is 9.47 Å². The number of aryl methyl sites for hydroxylation is 1. The summed E-state index contributed by atoms with van der Waals surface area (Å²) >= 11 is 0. The molecule has 0 spiro atoms. The van der Waals surface area contributed by atoms with Gasteiger partial charge in [0.1, 0.15) is 11.4 Å². The zero-order chi connectivity index (χ0) is 18.5. The molecule has 7 nitrogen and oxygen atoms in total. The van der Waals surface area contributed by atoms with Gasteiger partial charge in [0.15, 0.2) is 0 Å². The minimum atomic E-state index is 0.291. The summed E-state index contributed by atoms with van der Waals surface area (Å²) in [5.74, 6) is 1.18. The minimum absolute atomic E-state index is 0.291. The van der Waals surface area contributed by atoms with Crippen molar-refractivity contribution in [3.8, 4) is 5.75 Å². The molecule has 26 heavy (non-hydrogen) atoms. The predicted octanol–water partition coefficient (Wildman–Crippen LogP) is 1.50. The van der Waals surface area contributed by atoms with Gasteiger partial charge >= 0.3 is 0 Å². The molecule has 2 aromatic rings. The standard InChI is InChI=1S/C19H29N5O2/c1-22(2)9-10-26-14-16-12-24(13-18-19(16)23(3)21-20-18)11-15-5-7-17(25-4)8-6-15/h5-8,16H,9-14H2,1-4H3/t16-/m0/s1. The molecule has 1 aromatic carbocycles. The van der Waals surface area contributed by atoms with E-state index in [2.05, 4.69) is 46.3 Å². The second kappa shape index (κ2) is 8.62. The third-order valence-corrected chi connectivity index (χ3v) is 4.75. The van der Waals surface area contributed by atoms with E-state index in [0.29, 0.717) is 12.5 Å². The van der Waals surface area contributed by atoms with E-state index in [-0.39, 0.29) is 0 Å². The maximum atomic E-state index is 5.94. The van der Waals surface area contributed by atoms with E-state index >= 15 is 0 Å². The fourth-order valence-corrected chi connectivity index (χ4v) is 3.41. The molecule has 0 fully saturated rings. The molecule has 3 rings (SSSR count). The topological polar surface area (TPSA) is 55.6 Å². The van der Waals surface area contributed by atoms with Crippen molar-refractivity contribution in [3.05, 3.63) is 41.2 Å². The Morgan fingerprint density at radius 1 is 1.23 bits per heavy atom. The molecule has 1 aromatic heterocycles. The van der Waals surface area contributed by atoms with Crippen molar-refractivity contribution in [2.24, 2.45) is 7.05 Å². The van der Waals surface area contributed by atoms with E-state index in [1.165, 1.54) is 11.3 Å². The van der Waals surface area contributed by atoms with Crippen molar-refractivity contribution in [2.75, 3.05) is 47.5 Å². The van der Waals surface area contributed by atoms with Crippen LogP contribution in [0, 0.1) is 0 Å². The lowest BCUT2D eigenvalue weighted by Gasteiger charge is -2.32. The highest BCUT2D eigenvalue weighted by molar-refractivity contribution is 5.27. The second-order valence-electron chi connectivity index (χ2n) is 7.14. The van der Waals surface area contributed by atoms with Gasteiger partial charge in [-0.1, -0.05) is 17.3 Å². The molecule has 0 saturated carbocycles. The summed E-state index contributed by atoms with van der Waals surface area (Å²) in [6.45, 7) is 5.02. The Morgan fingerprint density at radius 2 is 2.00 bits per heavy atom. The van der Waals surface area contributed by atoms with Gasteiger partial charge in [0.05, 0.1) is 26.0 Å². The molecule has 0 aliphatic carbocycles. The average molecular weight is 359 g/mol. The van der Waals surface area contributed by atoms with Crippen molar-refractivity contribution < 1.29 is 9.47 Å². The van der Waals surface area contributed by atoms with Crippen LogP contribution in [0.4, 0.5) is 0 Å². The molecule has 2 heterocycles. The van der Waals surface area contributed by atoms with Crippen molar-refractivity contribution in [2.45, 2.75) is 19.0 Å². The molecule has 0 unspecified atom stereocenters. The van der Waals surface area contributed by atoms with Crippen LogP contribution >= 0.6 is 0 Å². The third-order valence-electron chi connectivity index (χ3n) is 4.75. The van der Waals surface area contributed by atoms with Crippen LogP contribution in [0.25, 0.3) is 0 Å². The number of hydrogen-bond acceptors (Lipinski definition) is 6. The normalized spacial score (nSPS) is 17.5. The van der Waals surface area contributed by atoms with Gasteiger partial charge < -0.3 is 14.4 Å². The monoisotopic (exact) mass is 359 g/mol. The van der Waals surface area contributed by atoms with E-state index in [1.54, 1.807) is 7.11 Å². The number of fused-ring (bicyclic) bond motifs is 1. The van der Waals surface area contributed by atoms with Crippen molar-refractivity contribution in [3.63, 3.8) is 0 Å². The SMILES string of the molecule is COc1ccc(CN2Cc3nnn(C)c3[C@H](COCCN(C)C)C2)cc1. The molecule has 0 N–H and O–H groups in total. The van der Waals surface area contributed by atoms with Gasteiger partial charge in [-0.15, -0.1) is 5.10 Å². The summed E-state index contributed by atoms with van der Waals surface area (Å²) in [5, 5.41) is 8.60. The number of ether oxygens (including phenoxy) is 2. The highest BCUT2D eigenvalue weighted by Crippen LogP contribution is 2.28. The third kappa shape index (κ3) is 4.60. The summed E-state index contributed by atoms with van der Waals surface area (Å²) in [6, 6.07) is 8.25. The van der Waals surface area contributed by atoms with Crippen LogP contribution < -0.4 is 4.74 Å². The Labute approximate surface area is 155 Å². The Bertz CT molecular complexity index is 698. The number of likely N-dealkylation sites (N-methyl/N-ethyl adjacent to an activating group) is 1. The van der Waals surface area contributed by atoms with Crippen molar-refractivity contribution >= 4 is 0 Å². The molecular weight excluding hydrogens is 330 g/mol. The van der Waals surface area contributed by atoms with Gasteiger partial charge in [-0.25, -0.2) is 0 Å². The summed E-state index contributed by atoms with van der Waals surface area (Å²) in [7, 11) is 7.78. The van der Waals surface area contributed by atoms with Gasteiger partial charge in [-0.05, 0) is 31.8 Å². The first kappa shape index (κ1) is 18.8. The zero-order valence-corrected chi connectivity index (χ0v) is 16.2. The highest BCUT2D eigenvalue weighted by atomic mass is 16.5. The first-order valence-corrected chi connectivity index (χ1v) is 9.03. The molecule has 142 valence electrons. The molecule has 0 radical (unpaired) electrons. The lowest BCUT2D eigenvalue weighted by atomic mass is 9.98. The van der Waals surface area contributed by atoms with Gasteiger partial charge in [-0.2, -0.15) is 0 Å². The van der Waals surface area contributed by atoms with Crippen molar-refractivity contribution in [1.82, 2.24) is 24.8 Å². The number of methoxy groups -OCH3 is 1. The molecule has 0 amide bonds. The fourth-order valence-electron chi connectivity index (χ4n) is 3.41. The van der Waals surface area contributed by atoms with Crippen LogP contribution in [0.3, 0.4) is 0 Å². The summed E-state index contributed by atoms with van der Waals surface area (Å²) in [5.41, 5.74) is 3.54. The molecule has 0 saturated heterocycles. The van der Waals surface area contributed by atoms with Crippen LogP contribution in [0.2, 0.25) is 0 Å². The molecule has 1 aliphatic rings. The van der Waals surface area contributed by atoms with E-state index in [1.807, 2.05) is 23.9 Å². The lowest BCUT2D eigenvalue weighted by Crippen LogP contribution is -2.36. The first-order chi connectivity index (χ1) is 12.6. The van der Waals surface area contributed by atoms with Crippen LogP contribution in [-0.2, 0) is 24.9 Å². The van der Waals surface area contributed by atoms with Crippen molar-refractivity contribution in [1.29, 1.82) is 0 Å². The number of aromatic nitrogens is 3.